The molecule has 0 saturated carbocycles. The molecule has 1 aliphatic heterocycles. The van der Waals surface area contributed by atoms with Gasteiger partial charge in [0, 0.05) is 26.6 Å². The lowest BCUT2D eigenvalue weighted by atomic mass is 9.76. The number of carbonyl (C=O) groups is 2. The van der Waals surface area contributed by atoms with Crippen LogP contribution in [0.5, 0.6) is 0 Å². The van der Waals surface area contributed by atoms with Crippen LogP contribution in [0.1, 0.15) is 33.6 Å². The van der Waals surface area contributed by atoms with Crippen LogP contribution in [-0.2, 0) is 14.3 Å². The molecule has 1 aliphatic rings. The second-order valence-corrected chi connectivity index (χ2v) is 5.54. The first-order valence-corrected chi connectivity index (χ1v) is 6.35. The van der Waals surface area contributed by atoms with Gasteiger partial charge in [-0.15, -0.1) is 0 Å². The molecule has 2 atom stereocenters. The van der Waals surface area contributed by atoms with E-state index in [0.29, 0.717) is 13.1 Å². The summed E-state index contributed by atoms with van der Waals surface area (Å²) in [6, 6.07) is 0. The third-order valence-electron chi connectivity index (χ3n) is 4.11. The van der Waals surface area contributed by atoms with Crippen molar-refractivity contribution in [1.29, 1.82) is 0 Å². The predicted molar refractivity (Wildman–Crippen MR) is 67.2 cm³/mol. The first kappa shape index (κ1) is 15.0. The summed E-state index contributed by atoms with van der Waals surface area (Å²) in [6.07, 6.45) is 0.966. The number of nitrogens with zero attached hydrogens (tertiary/aromatic N) is 1. The van der Waals surface area contributed by atoms with Gasteiger partial charge in [0.25, 0.3) is 0 Å². The maximum atomic E-state index is 12.1. The summed E-state index contributed by atoms with van der Waals surface area (Å²) in [5, 5.41) is 9.30. The molecule has 1 fully saturated rings. The van der Waals surface area contributed by atoms with Gasteiger partial charge in [-0.2, -0.15) is 0 Å². The number of carbonyl (C=O) groups excluding carboxylic acids is 1. The van der Waals surface area contributed by atoms with E-state index in [4.69, 9.17) is 4.74 Å². The lowest BCUT2D eigenvalue weighted by Gasteiger charge is -2.30. The van der Waals surface area contributed by atoms with Gasteiger partial charge in [0.05, 0.1) is 11.5 Å². The second kappa shape index (κ2) is 5.69. The molecular formula is C13H23NO4. The highest BCUT2D eigenvalue weighted by Gasteiger charge is 2.40. The lowest BCUT2D eigenvalue weighted by Crippen LogP contribution is -2.40. The van der Waals surface area contributed by atoms with Gasteiger partial charge in [0.1, 0.15) is 0 Å². The Kier molecular flexibility index (Phi) is 4.73. The van der Waals surface area contributed by atoms with Crippen LogP contribution in [0.4, 0.5) is 0 Å². The van der Waals surface area contributed by atoms with Gasteiger partial charge in [-0.05, 0) is 19.3 Å². The Morgan fingerprint density at radius 3 is 2.50 bits per heavy atom. The molecule has 0 aliphatic carbocycles. The third-order valence-corrected chi connectivity index (χ3v) is 4.11. The smallest absolute Gasteiger partial charge is 0.310 e. The van der Waals surface area contributed by atoms with Crippen molar-refractivity contribution in [2.75, 3.05) is 20.2 Å². The number of hydrogen-bond acceptors (Lipinski definition) is 3. The van der Waals surface area contributed by atoms with Crippen LogP contribution in [0.3, 0.4) is 0 Å². The zero-order chi connectivity index (χ0) is 13.9. The Hall–Kier alpha value is -1.10. The number of hydrogen-bond donors (Lipinski definition) is 1. The fourth-order valence-electron chi connectivity index (χ4n) is 2.10. The Balaban J connectivity index is 2.66. The average molecular weight is 257 g/mol. The van der Waals surface area contributed by atoms with Crippen LogP contribution in [0.2, 0.25) is 0 Å². The van der Waals surface area contributed by atoms with Crippen LogP contribution in [-0.4, -0.2) is 48.2 Å². The Morgan fingerprint density at radius 1 is 1.50 bits per heavy atom. The van der Waals surface area contributed by atoms with E-state index >= 15 is 0 Å². The molecule has 0 spiro atoms. The minimum atomic E-state index is -0.998. The van der Waals surface area contributed by atoms with E-state index in [-0.39, 0.29) is 24.3 Å². The monoisotopic (exact) mass is 257 g/mol. The van der Waals surface area contributed by atoms with Crippen molar-refractivity contribution in [3.63, 3.8) is 0 Å². The van der Waals surface area contributed by atoms with Crippen molar-refractivity contribution in [3.05, 3.63) is 0 Å². The molecule has 0 aromatic rings. The number of likely N-dealkylation sites (tertiary alicyclic amines) is 1. The number of carboxylic acid groups (broad SMARTS) is 1. The fraction of sp³-hybridized carbons (Fsp3) is 0.846. The summed E-state index contributed by atoms with van der Waals surface area (Å²) in [5.74, 6) is -1.08. The van der Waals surface area contributed by atoms with Gasteiger partial charge >= 0.3 is 5.97 Å². The highest BCUT2D eigenvalue weighted by atomic mass is 16.5. The molecule has 18 heavy (non-hydrogen) atoms. The van der Waals surface area contributed by atoms with Gasteiger partial charge in [-0.3, -0.25) is 9.59 Å². The molecule has 0 aromatic carbocycles. The molecule has 0 aromatic heterocycles. The van der Waals surface area contributed by atoms with Gasteiger partial charge in [-0.1, -0.05) is 13.8 Å². The lowest BCUT2D eigenvalue weighted by molar-refractivity contribution is -0.155. The van der Waals surface area contributed by atoms with Crippen molar-refractivity contribution >= 4 is 11.9 Å². The summed E-state index contributed by atoms with van der Waals surface area (Å²) in [5.41, 5.74) is -0.998. The minimum Gasteiger partial charge on any atom is -0.481 e. The number of rotatable bonds is 5. The van der Waals surface area contributed by atoms with Crippen LogP contribution >= 0.6 is 0 Å². The SMILES string of the molecule is COC1CCN(C(=O)CC(C)(C(=O)O)C(C)C)C1. The van der Waals surface area contributed by atoms with Crippen molar-refractivity contribution in [1.82, 2.24) is 4.90 Å². The molecule has 1 amide bonds. The zero-order valence-electron chi connectivity index (χ0n) is 11.6. The predicted octanol–water partition coefficient (Wildman–Crippen LogP) is 1.37. The van der Waals surface area contributed by atoms with E-state index in [2.05, 4.69) is 0 Å². The Morgan fingerprint density at radius 2 is 2.11 bits per heavy atom. The zero-order valence-corrected chi connectivity index (χ0v) is 11.6. The highest BCUT2D eigenvalue weighted by molar-refractivity contribution is 5.85. The van der Waals surface area contributed by atoms with E-state index in [1.54, 1.807) is 18.9 Å². The van der Waals surface area contributed by atoms with Crippen molar-refractivity contribution in [2.24, 2.45) is 11.3 Å². The maximum Gasteiger partial charge on any atom is 0.310 e. The number of amides is 1. The van der Waals surface area contributed by atoms with Crippen molar-refractivity contribution < 1.29 is 19.4 Å². The number of aliphatic carboxylic acids is 1. The van der Waals surface area contributed by atoms with E-state index < -0.39 is 11.4 Å². The van der Waals surface area contributed by atoms with Crippen molar-refractivity contribution in [3.8, 4) is 0 Å². The second-order valence-electron chi connectivity index (χ2n) is 5.54. The topological polar surface area (TPSA) is 66.8 Å². The van der Waals surface area contributed by atoms with E-state index in [1.165, 1.54) is 0 Å². The Labute approximate surface area is 108 Å². The average Bonchev–Trinajstić information content (AvgIpc) is 2.76. The largest absolute Gasteiger partial charge is 0.481 e. The first-order chi connectivity index (χ1) is 8.31. The molecule has 1 N–H and O–H groups in total. The standard InChI is InChI=1S/C13H23NO4/c1-9(2)13(3,12(16)17)7-11(15)14-6-5-10(8-14)18-4/h9-10H,5-8H2,1-4H3,(H,16,17). The summed E-state index contributed by atoms with van der Waals surface area (Å²) in [6.45, 7) is 6.54. The molecule has 5 heteroatoms. The molecular weight excluding hydrogens is 234 g/mol. The summed E-state index contributed by atoms with van der Waals surface area (Å²) in [4.78, 5) is 25.2. The molecule has 1 heterocycles. The van der Waals surface area contributed by atoms with E-state index in [1.807, 2.05) is 13.8 Å². The highest BCUT2D eigenvalue weighted by Crippen LogP contribution is 2.32. The van der Waals surface area contributed by atoms with E-state index in [0.717, 1.165) is 6.42 Å². The van der Waals surface area contributed by atoms with Crippen LogP contribution in [0.25, 0.3) is 0 Å². The van der Waals surface area contributed by atoms with Crippen LogP contribution in [0.15, 0.2) is 0 Å². The van der Waals surface area contributed by atoms with Gasteiger partial charge in [0.15, 0.2) is 0 Å². The molecule has 0 bridgehead atoms. The number of carboxylic acids is 1. The maximum absolute atomic E-state index is 12.1. The van der Waals surface area contributed by atoms with Gasteiger partial charge < -0.3 is 14.7 Å². The fourth-order valence-corrected chi connectivity index (χ4v) is 2.10. The number of methoxy groups -OCH3 is 1. The third kappa shape index (κ3) is 3.02. The van der Waals surface area contributed by atoms with Gasteiger partial charge in [-0.25, -0.2) is 0 Å². The molecule has 5 nitrogen and oxygen atoms in total. The molecule has 1 rings (SSSR count). The first-order valence-electron chi connectivity index (χ1n) is 6.35. The normalized spacial score (nSPS) is 23.2. The molecule has 0 radical (unpaired) electrons. The molecule has 2 unspecified atom stereocenters. The van der Waals surface area contributed by atoms with Crippen LogP contribution in [0, 0.1) is 11.3 Å². The van der Waals surface area contributed by atoms with Gasteiger partial charge in [0.2, 0.25) is 5.91 Å². The summed E-state index contributed by atoms with van der Waals surface area (Å²) in [7, 11) is 1.63. The minimum absolute atomic E-state index is 0.0520. The molecule has 104 valence electrons. The number of ether oxygens (including phenoxy) is 1. The Bertz CT molecular complexity index is 329. The van der Waals surface area contributed by atoms with E-state index in [9.17, 15) is 14.7 Å². The van der Waals surface area contributed by atoms with Crippen molar-refractivity contribution in [2.45, 2.75) is 39.7 Å². The summed E-state index contributed by atoms with van der Waals surface area (Å²) >= 11 is 0. The molecule has 1 saturated heterocycles. The quantitative estimate of drug-likeness (QED) is 0.807. The van der Waals surface area contributed by atoms with Crippen LogP contribution < -0.4 is 0 Å². The summed E-state index contributed by atoms with van der Waals surface area (Å²) < 4.78 is 5.21.